The number of aryl methyl sites for hydroxylation is 1. The van der Waals surface area contributed by atoms with Crippen LogP contribution >= 0.6 is 0 Å². The van der Waals surface area contributed by atoms with Gasteiger partial charge in [-0.05, 0) is 24.6 Å². The van der Waals surface area contributed by atoms with Crippen molar-refractivity contribution in [2.75, 3.05) is 7.11 Å². The van der Waals surface area contributed by atoms with Crippen molar-refractivity contribution < 1.29 is 4.74 Å². The smallest absolute Gasteiger partial charge is 0.333 e. The Kier molecular flexibility index (Phi) is 2.82. The van der Waals surface area contributed by atoms with E-state index in [9.17, 15) is 9.59 Å². The van der Waals surface area contributed by atoms with Crippen molar-refractivity contribution in [1.82, 2.24) is 9.55 Å². The summed E-state index contributed by atoms with van der Waals surface area (Å²) in [5, 5.41) is 0. The van der Waals surface area contributed by atoms with Gasteiger partial charge in [-0.2, -0.15) is 0 Å². The Balaban J connectivity index is 2.81. The van der Waals surface area contributed by atoms with Crippen LogP contribution in [0.5, 0.6) is 5.75 Å². The highest BCUT2D eigenvalue weighted by Crippen LogP contribution is 2.21. The van der Waals surface area contributed by atoms with Crippen LogP contribution in [0.1, 0.15) is 5.56 Å². The maximum atomic E-state index is 11.7. The lowest BCUT2D eigenvalue weighted by atomic mass is 10.2. The first-order chi connectivity index (χ1) is 8.13. The molecule has 0 fully saturated rings. The fraction of sp³-hybridized carbons (Fsp3) is 0.167. The van der Waals surface area contributed by atoms with Crippen LogP contribution in [-0.2, 0) is 0 Å². The second-order valence-corrected chi connectivity index (χ2v) is 3.63. The number of benzene rings is 1. The summed E-state index contributed by atoms with van der Waals surface area (Å²) in [7, 11) is 1.50. The van der Waals surface area contributed by atoms with Crippen LogP contribution in [0.15, 0.2) is 40.1 Å². The van der Waals surface area contributed by atoms with Crippen molar-refractivity contribution >= 4 is 0 Å². The maximum Gasteiger partial charge on any atom is 0.333 e. The van der Waals surface area contributed by atoms with Gasteiger partial charge in [0.05, 0.1) is 12.8 Å². The monoisotopic (exact) mass is 232 g/mol. The molecule has 0 saturated heterocycles. The summed E-state index contributed by atoms with van der Waals surface area (Å²) in [4.78, 5) is 25.8. The molecule has 0 aliphatic heterocycles. The molecule has 2 rings (SSSR count). The molecule has 0 radical (unpaired) electrons. The molecule has 1 aromatic carbocycles. The van der Waals surface area contributed by atoms with Crippen molar-refractivity contribution in [3.8, 4) is 11.4 Å². The molecule has 1 N–H and O–H groups in total. The van der Waals surface area contributed by atoms with Crippen molar-refractivity contribution in [1.29, 1.82) is 0 Å². The van der Waals surface area contributed by atoms with E-state index < -0.39 is 11.2 Å². The van der Waals surface area contributed by atoms with E-state index in [2.05, 4.69) is 4.98 Å². The summed E-state index contributed by atoms with van der Waals surface area (Å²) in [5.74, 6) is 0.481. The second-order valence-electron chi connectivity index (χ2n) is 3.63. The van der Waals surface area contributed by atoms with Crippen molar-refractivity contribution in [3.05, 3.63) is 56.9 Å². The predicted molar refractivity (Wildman–Crippen MR) is 63.9 cm³/mol. The molecule has 17 heavy (non-hydrogen) atoms. The number of methoxy groups -OCH3 is 1. The van der Waals surface area contributed by atoms with Gasteiger partial charge in [-0.15, -0.1) is 0 Å². The molecular weight excluding hydrogens is 220 g/mol. The molecule has 1 heterocycles. The number of aromatic amines is 1. The minimum atomic E-state index is -0.485. The van der Waals surface area contributed by atoms with Gasteiger partial charge in [-0.3, -0.25) is 4.79 Å². The Morgan fingerprint density at radius 2 is 2.00 bits per heavy atom. The quantitative estimate of drug-likeness (QED) is 0.834. The van der Waals surface area contributed by atoms with Crippen LogP contribution in [0, 0.1) is 6.92 Å². The van der Waals surface area contributed by atoms with Gasteiger partial charge in [0.2, 0.25) is 0 Å². The highest BCUT2D eigenvalue weighted by atomic mass is 16.5. The molecular formula is C12H12N2O3. The van der Waals surface area contributed by atoms with Crippen molar-refractivity contribution in [3.63, 3.8) is 0 Å². The standard InChI is InChI=1S/C12H12N2O3/c1-8-3-4-10(17-2)9(7-8)14-11(15)5-6-13-12(14)16/h3-7H,1-2H3,(H,13,16). The van der Waals surface area contributed by atoms with Gasteiger partial charge in [0, 0.05) is 12.3 Å². The summed E-state index contributed by atoms with van der Waals surface area (Å²) < 4.78 is 6.20. The van der Waals surface area contributed by atoms with Crippen LogP contribution in [0.25, 0.3) is 5.69 Å². The predicted octanol–water partition coefficient (Wildman–Crippen LogP) is 0.843. The molecule has 0 bridgehead atoms. The van der Waals surface area contributed by atoms with Gasteiger partial charge >= 0.3 is 5.69 Å². The summed E-state index contributed by atoms with van der Waals surface area (Å²) in [6.07, 6.45) is 1.32. The Labute approximate surface area is 97.3 Å². The fourth-order valence-corrected chi connectivity index (χ4v) is 1.63. The molecule has 2 aromatic rings. The maximum absolute atomic E-state index is 11.7. The third-order valence-corrected chi connectivity index (χ3v) is 2.43. The van der Waals surface area contributed by atoms with E-state index in [0.717, 1.165) is 10.1 Å². The molecule has 0 unspecified atom stereocenters. The van der Waals surface area contributed by atoms with E-state index >= 15 is 0 Å². The van der Waals surface area contributed by atoms with Gasteiger partial charge in [0.15, 0.2) is 0 Å². The van der Waals surface area contributed by atoms with Gasteiger partial charge in [-0.25, -0.2) is 9.36 Å². The molecule has 88 valence electrons. The van der Waals surface area contributed by atoms with Gasteiger partial charge in [-0.1, -0.05) is 6.07 Å². The van der Waals surface area contributed by atoms with Crippen LogP contribution < -0.4 is 16.0 Å². The molecule has 1 aromatic heterocycles. The minimum absolute atomic E-state index is 0.391. The number of hydrogen-bond donors (Lipinski definition) is 1. The van der Waals surface area contributed by atoms with E-state index in [-0.39, 0.29) is 0 Å². The number of nitrogens with one attached hydrogen (secondary N) is 1. The number of rotatable bonds is 2. The van der Waals surface area contributed by atoms with E-state index in [4.69, 9.17) is 4.74 Å². The molecule has 0 amide bonds. The van der Waals surface area contributed by atoms with E-state index in [0.29, 0.717) is 11.4 Å². The lowest BCUT2D eigenvalue weighted by Gasteiger charge is -2.10. The number of nitrogens with zero attached hydrogens (tertiary/aromatic N) is 1. The molecule has 0 atom stereocenters. The number of ether oxygens (including phenoxy) is 1. The SMILES string of the molecule is COc1ccc(C)cc1-n1c(=O)cc[nH]c1=O. The van der Waals surface area contributed by atoms with Crippen molar-refractivity contribution in [2.45, 2.75) is 6.92 Å². The lowest BCUT2D eigenvalue weighted by Crippen LogP contribution is -2.32. The Morgan fingerprint density at radius 3 is 2.65 bits per heavy atom. The molecule has 0 aliphatic carbocycles. The highest BCUT2D eigenvalue weighted by Gasteiger charge is 2.09. The Bertz CT molecular complexity index is 627. The van der Waals surface area contributed by atoms with Gasteiger partial charge in [0.1, 0.15) is 5.75 Å². The fourth-order valence-electron chi connectivity index (χ4n) is 1.63. The zero-order valence-electron chi connectivity index (χ0n) is 9.56. The summed E-state index contributed by atoms with van der Waals surface area (Å²) >= 11 is 0. The van der Waals surface area contributed by atoms with Crippen LogP contribution in [0.2, 0.25) is 0 Å². The normalized spacial score (nSPS) is 10.2. The summed E-state index contributed by atoms with van der Waals surface area (Å²) in [6.45, 7) is 1.88. The third kappa shape index (κ3) is 1.99. The van der Waals surface area contributed by atoms with Crippen LogP contribution in [-0.4, -0.2) is 16.7 Å². The first-order valence-electron chi connectivity index (χ1n) is 5.09. The molecule has 0 spiro atoms. The van der Waals surface area contributed by atoms with Gasteiger partial charge < -0.3 is 9.72 Å². The Hall–Kier alpha value is -2.30. The molecule has 0 aliphatic rings. The number of hydrogen-bond acceptors (Lipinski definition) is 3. The highest BCUT2D eigenvalue weighted by molar-refractivity contribution is 5.48. The molecule has 5 nitrogen and oxygen atoms in total. The summed E-state index contributed by atoms with van der Waals surface area (Å²) in [5.41, 5.74) is 0.509. The lowest BCUT2D eigenvalue weighted by molar-refractivity contribution is 0.412. The number of H-pyrrole nitrogens is 1. The first kappa shape index (κ1) is 11.2. The van der Waals surface area contributed by atoms with Crippen molar-refractivity contribution in [2.24, 2.45) is 0 Å². The summed E-state index contributed by atoms with van der Waals surface area (Å²) in [6, 6.07) is 6.60. The molecule has 5 heteroatoms. The molecule has 0 saturated carbocycles. The minimum Gasteiger partial charge on any atom is -0.495 e. The van der Waals surface area contributed by atoms with E-state index in [1.165, 1.54) is 19.4 Å². The number of aromatic nitrogens is 2. The average Bonchev–Trinajstić information content (AvgIpc) is 2.29. The largest absolute Gasteiger partial charge is 0.495 e. The zero-order valence-corrected chi connectivity index (χ0v) is 9.56. The zero-order chi connectivity index (χ0) is 12.4. The van der Waals surface area contributed by atoms with Crippen LogP contribution in [0.3, 0.4) is 0 Å². The Morgan fingerprint density at radius 1 is 1.24 bits per heavy atom. The van der Waals surface area contributed by atoms with E-state index in [1.54, 1.807) is 12.1 Å². The second kappa shape index (κ2) is 4.29. The van der Waals surface area contributed by atoms with E-state index in [1.807, 2.05) is 13.0 Å². The first-order valence-corrected chi connectivity index (χ1v) is 5.09. The topological polar surface area (TPSA) is 64.1 Å². The average molecular weight is 232 g/mol. The van der Waals surface area contributed by atoms with Crippen LogP contribution in [0.4, 0.5) is 0 Å². The van der Waals surface area contributed by atoms with Gasteiger partial charge in [0.25, 0.3) is 5.56 Å². The third-order valence-electron chi connectivity index (χ3n) is 2.43.